The summed E-state index contributed by atoms with van der Waals surface area (Å²) in [6.45, 7) is 0.803. The first-order valence-corrected chi connectivity index (χ1v) is 7.19. The molecule has 2 aromatic carbocycles. The zero-order valence-electron chi connectivity index (χ0n) is 11.0. The third-order valence-corrected chi connectivity index (χ3v) is 3.59. The second kappa shape index (κ2) is 7.64. The van der Waals surface area contributed by atoms with Crippen LogP contribution in [0.3, 0.4) is 0 Å². The lowest BCUT2D eigenvalue weighted by atomic mass is 10.2. The molecule has 0 spiro atoms. The van der Waals surface area contributed by atoms with Crippen LogP contribution >= 0.6 is 11.8 Å². The molecule has 2 aromatic rings. The van der Waals surface area contributed by atoms with E-state index in [2.05, 4.69) is 29.3 Å². The van der Waals surface area contributed by atoms with Gasteiger partial charge in [-0.2, -0.15) is 0 Å². The van der Waals surface area contributed by atoms with Crippen molar-refractivity contribution >= 4 is 18.0 Å². The maximum absolute atomic E-state index is 5.28. The van der Waals surface area contributed by atoms with E-state index in [4.69, 9.17) is 4.74 Å². The van der Waals surface area contributed by atoms with Gasteiger partial charge >= 0.3 is 0 Å². The minimum absolute atomic E-state index is 0.803. The molecule has 0 amide bonds. The molecule has 98 valence electrons. The number of hydrogen-bond acceptors (Lipinski definition) is 3. The Hall–Kier alpha value is -1.74. The van der Waals surface area contributed by atoms with Gasteiger partial charge in [-0.05, 0) is 24.3 Å². The van der Waals surface area contributed by atoms with Crippen LogP contribution in [0.5, 0.6) is 5.75 Å². The predicted octanol–water partition coefficient (Wildman–Crippen LogP) is 3.91. The molecule has 0 aliphatic rings. The minimum atomic E-state index is 0.803. The second-order valence-corrected chi connectivity index (χ2v) is 5.11. The summed E-state index contributed by atoms with van der Waals surface area (Å²) in [5.41, 5.74) is 1.02. The Bertz CT molecular complexity index is 525. The molecule has 2 rings (SSSR count). The molecule has 0 saturated carbocycles. The molecular formula is C16H17NOS. The summed E-state index contributed by atoms with van der Waals surface area (Å²) >= 11 is 1.82. The molecule has 0 unspecified atom stereocenters. The highest BCUT2D eigenvalue weighted by Gasteiger charge is 1.97. The third kappa shape index (κ3) is 4.45. The molecule has 0 aromatic heterocycles. The van der Waals surface area contributed by atoms with Crippen LogP contribution < -0.4 is 4.74 Å². The fraction of sp³-hybridized carbons (Fsp3) is 0.188. The maximum Gasteiger partial charge on any atom is 0.127 e. The van der Waals surface area contributed by atoms with E-state index in [1.54, 1.807) is 7.11 Å². The van der Waals surface area contributed by atoms with Crippen LogP contribution in [-0.4, -0.2) is 25.6 Å². The van der Waals surface area contributed by atoms with Crippen LogP contribution in [0, 0.1) is 0 Å². The highest BCUT2D eigenvalue weighted by atomic mass is 32.2. The van der Waals surface area contributed by atoms with E-state index in [0.717, 1.165) is 23.6 Å². The van der Waals surface area contributed by atoms with E-state index in [1.807, 2.05) is 48.3 Å². The Labute approximate surface area is 118 Å². The average Bonchev–Trinajstić information content (AvgIpc) is 2.48. The molecule has 0 fully saturated rings. The second-order valence-electron chi connectivity index (χ2n) is 3.94. The number of thioether (sulfide) groups is 1. The van der Waals surface area contributed by atoms with Gasteiger partial charge in [0.05, 0.1) is 7.11 Å². The Morgan fingerprint density at radius 2 is 1.79 bits per heavy atom. The lowest BCUT2D eigenvalue weighted by Crippen LogP contribution is -1.92. The van der Waals surface area contributed by atoms with Gasteiger partial charge in [0, 0.05) is 29.0 Å². The predicted molar refractivity (Wildman–Crippen MR) is 82.6 cm³/mol. The SMILES string of the molecule is COc1ccccc1C=NCCSc1ccccc1. The first kappa shape index (κ1) is 13.7. The van der Waals surface area contributed by atoms with E-state index in [0.29, 0.717) is 0 Å². The molecule has 19 heavy (non-hydrogen) atoms. The van der Waals surface area contributed by atoms with Crippen LogP contribution in [0.1, 0.15) is 5.56 Å². The van der Waals surface area contributed by atoms with Crippen LogP contribution in [0.4, 0.5) is 0 Å². The Morgan fingerprint density at radius 3 is 2.58 bits per heavy atom. The summed E-state index contributed by atoms with van der Waals surface area (Å²) in [5, 5.41) is 0. The number of aliphatic imine (C=N–C) groups is 1. The molecule has 0 saturated heterocycles. The largest absolute Gasteiger partial charge is 0.496 e. The van der Waals surface area contributed by atoms with Gasteiger partial charge in [0.15, 0.2) is 0 Å². The summed E-state index contributed by atoms with van der Waals surface area (Å²) in [6.07, 6.45) is 1.88. The summed E-state index contributed by atoms with van der Waals surface area (Å²) in [5.74, 6) is 1.84. The van der Waals surface area contributed by atoms with Crippen molar-refractivity contribution in [2.24, 2.45) is 4.99 Å². The topological polar surface area (TPSA) is 21.6 Å². The monoisotopic (exact) mass is 271 g/mol. The molecule has 0 radical (unpaired) electrons. The average molecular weight is 271 g/mol. The van der Waals surface area contributed by atoms with Crippen LogP contribution in [0.2, 0.25) is 0 Å². The smallest absolute Gasteiger partial charge is 0.127 e. The molecule has 2 nitrogen and oxygen atoms in total. The number of rotatable bonds is 6. The third-order valence-electron chi connectivity index (χ3n) is 2.60. The number of benzene rings is 2. The fourth-order valence-corrected chi connectivity index (χ4v) is 2.45. The summed E-state index contributed by atoms with van der Waals surface area (Å²) in [4.78, 5) is 5.73. The van der Waals surface area contributed by atoms with Gasteiger partial charge < -0.3 is 4.74 Å². The van der Waals surface area contributed by atoms with E-state index < -0.39 is 0 Å². The summed E-state index contributed by atoms with van der Waals surface area (Å²) in [7, 11) is 1.68. The van der Waals surface area contributed by atoms with Crippen molar-refractivity contribution < 1.29 is 4.74 Å². The molecular weight excluding hydrogens is 254 g/mol. The van der Waals surface area contributed by atoms with Crippen molar-refractivity contribution in [1.82, 2.24) is 0 Å². The Morgan fingerprint density at radius 1 is 1.05 bits per heavy atom. The first-order chi connectivity index (χ1) is 9.40. The Balaban J connectivity index is 1.81. The molecule has 0 aliphatic heterocycles. The molecule has 0 bridgehead atoms. The lowest BCUT2D eigenvalue weighted by molar-refractivity contribution is 0.414. The van der Waals surface area contributed by atoms with Crippen molar-refractivity contribution in [3.8, 4) is 5.75 Å². The number of hydrogen-bond donors (Lipinski definition) is 0. The number of ether oxygens (including phenoxy) is 1. The molecule has 0 aliphatic carbocycles. The van der Waals surface area contributed by atoms with Crippen molar-refractivity contribution in [2.45, 2.75) is 4.90 Å². The van der Waals surface area contributed by atoms with Crippen molar-refractivity contribution in [2.75, 3.05) is 19.4 Å². The fourth-order valence-electron chi connectivity index (χ4n) is 1.67. The van der Waals surface area contributed by atoms with Crippen LogP contribution in [0.25, 0.3) is 0 Å². The molecule has 0 atom stereocenters. The molecule has 0 N–H and O–H groups in total. The normalized spacial score (nSPS) is 10.8. The van der Waals surface area contributed by atoms with Gasteiger partial charge in [0.25, 0.3) is 0 Å². The highest BCUT2D eigenvalue weighted by Crippen LogP contribution is 2.17. The first-order valence-electron chi connectivity index (χ1n) is 6.21. The van der Waals surface area contributed by atoms with E-state index in [1.165, 1.54) is 4.90 Å². The van der Waals surface area contributed by atoms with Gasteiger partial charge in [0.2, 0.25) is 0 Å². The van der Waals surface area contributed by atoms with Crippen LogP contribution in [0.15, 0.2) is 64.5 Å². The standard InChI is InChI=1S/C16H17NOS/c1-18-16-10-6-5-7-14(16)13-17-11-12-19-15-8-3-2-4-9-15/h2-10,13H,11-12H2,1H3. The minimum Gasteiger partial charge on any atom is -0.496 e. The highest BCUT2D eigenvalue weighted by molar-refractivity contribution is 7.99. The zero-order valence-corrected chi connectivity index (χ0v) is 11.8. The van der Waals surface area contributed by atoms with Gasteiger partial charge in [-0.15, -0.1) is 11.8 Å². The summed E-state index contributed by atoms with van der Waals surface area (Å²) in [6, 6.07) is 18.3. The maximum atomic E-state index is 5.28. The van der Waals surface area contributed by atoms with Gasteiger partial charge in [0.1, 0.15) is 5.75 Å². The van der Waals surface area contributed by atoms with E-state index >= 15 is 0 Å². The van der Waals surface area contributed by atoms with E-state index in [-0.39, 0.29) is 0 Å². The van der Waals surface area contributed by atoms with Crippen LogP contribution in [-0.2, 0) is 0 Å². The van der Waals surface area contributed by atoms with Crippen molar-refractivity contribution in [1.29, 1.82) is 0 Å². The number of para-hydroxylation sites is 1. The molecule has 0 heterocycles. The quantitative estimate of drug-likeness (QED) is 0.451. The Kier molecular flexibility index (Phi) is 5.50. The number of nitrogens with zero attached hydrogens (tertiary/aromatic N) is 1. The van der Waals surface area contributed by atoms with Crippen molar-refractivity contribution in [3.63, 3.8) is 0 Å². The van der Waals surface area contributed by atoms with Gasteiger partial charge in [-0.1, -0.05) is 30.3 Å². The van der Waals surface area contributed by atoms with Crippen molar-refractivity contribution in [3.05, 3.63) is 60.2 Å². The van der Waals surface area contributed by atoms with Gasteiger partial charge in [-0.25, -0.2) is 0 Å². The van der Waals surface area contributed by atoms with Gasteiger partial charge in [-0.3, -0.25) is 4.99 Å². The van der Waals surface area contributed by atoms with E-state index in [9.17, 15) is 0 Å². The lowest BCUT2D eigenvalue weighted by Gasteiger charge is -2.03. The molecule has 3 heteroatoms. The summed E-state index contributed by atoms with van der Waals surface area (Å²) < 4.78 is 5.28. The zero-order chi connectivity index (χ0) is 13.3. The number of methoxy groups -OCH3 is 1.